The number of ether oxygens (including phenoxy) is 4. The molecule has 0 saturated carbocycles. The standard InChI is InChI=1S/C23H19N3O6/c1-13-7-21-25-23(27)16(22(24)26(21)32-13)8-14-3-5-17(19(9-14)28-2)29-11-15-4-6-18-20(10-15)31-12-30-18/h3-10,24H,11-12H2,1-2H3/b16-8+,24-22?. The van der Waals surface area contributed by atoms with E-state index in [1.54, 1.807) is 37.3 Å². The Morgan fingerprint density at radius 2 is 2.00 bits per heavy atom. The predicted octanol–water partition coefficient (Wildman–Crippen LogP) is 3.45. The van der Waals surface area contributed by atoms with Crippen LogP contribution in [0.15, 0.2) is 58.8 Å². The predicted molar refractivity (Wildman–Crippen MR) is 115 cm³/mol. The van der Waals surface area contributed by atoms with Gasteiger partial charge >= 0.3 is 0 Å². The van der Waals surface area contributed by atoms with E-state index >= 15 is 0 Å². The van der Waals surface area contributed by atoms with Crippen LogP contribution >= 0.6 is 0 Å². The van der Waals surface area contributed by atoms with Gasteiger partial charge in [-0.1, -0.05) is 12.1 Å². The van der Waals surface area contributed by atoms with Gasteiger partial charge in [0.15, 0.2) is 34.7 Å². The van der Waals surface area contributed by atoms with Crippen LogP contribution in [0.1, 0.15) is 18.1 Å². The highest BCUT2D eigenvalue weighted by Gasteiger charge is 2.34. The first-order valence-corrected chi connectivity index (χ1v) is 9.81. The van der Waals surface area contributed by atoms with E-state index in [9.17, 15) is 4.79 Å². The summed E-state index contributed by atoms with van der Waals surface area (Å²) in [6.07, 6.45) is 3.19. The van der Waals surface area contributed by atoms with Crippen LogP contribution in [0.3, 0.4) is 0 Å². The molecular weight excluding hydrogens is 414 g/mol. The smallest absolute Gasteiger partial charge is 0.282 e. The van der Waals surface area contributed by atoms with Gasteiger partial charge in [0.2, 0.25) is 6.79 Å². The molecule has 5 rings (SSSR count). The van der Waals surface area contributed by atoms with Gasteiger partial charge in [-0.25, -0.2) is 0 Å². The van der Waals surface area contributed by atoms with E-state index in [1.165, 1.54) is 12.2 Å². The molecule has 0 atom stereocenters. The van der Waals surface area contributed by atoms with Gasteiger partial charge in [-0.05, 0) is 48.4 Å². The molecule has 0 saturated heterocycles. The molecule has 0 aromatic heterocycles. The van der Waals surface area contributed by atoms with Gasteiger partial charge in [0.1, 0.15) is 12.4 Å². The zero-order valence-corrected chi connectivity index (χ0v) is 17.4. The molecule has 0 bridgehead atoms. The zero-order valence-electron chi connectivity index (χ0n) is 17.4. The molecule has 0 spiro atoms. The molecule has 3 aliphatic rings. The lowest BCUT2D eigenvalue weighted by molar-refractivity contribution is -0.114. The molecule has 9 heteroatoms. The Morgan fingerprint density at radius 3 is 2.84 bits per heavy atom. The maximum atomic E-state index is 12.4. The van der Waals surface area contributed by atoms with Crippen LogP contribution in [-0.4, -0.2) is 36.5 Å². The van der Waals surface area contributed by atoms with Gasteiger partial charge in [0, 0.05) is 6.08 Å². The lowest BCUT2D eigenvalue weighted by atomic mass is 10.1. The number of amidine groups is 2. The Morgan fingerprint density at radius 1 is 1.16 bits per heavy atom. The van der Waals surface area contributed by atoms with Crippen molar-refractivity contribution in [3.05, 3.63) is 64.9 Å². The van der Waals surface area contributed by atoms with Crippen LogP contribution in [0, 0.1) is 5.41 Å². The van der Waals surface area contributed by atoms with Gasteiger partial charge in [-0.2, -0.15) is 4.99 Å². The fourth-order valence-electron chi connectivity index (χ4n) is 3.45. The summed E-state index contributed by atoms with van der Waals surface area (Å²) in [7, 11) is 1.54. The van der Waals surface area contributed by atoms with Crippen molar-refractivity contribution in [2.45, 2.75) is 13.5 Å². The molecule has 32 heavy (non-hydrogen) atoms. The second-order valence-electron chi connectivity index (χ2n) is 7.21. The highest BCUT2D eigenvalue weighted by atomic mass is 16.7. The second-order valence-corrected chi connectivity index (χ2v) is 7.21. The molecule has 0 radical (unpaired) electrons. The molecule has 162 valence electrons. The monoisotopic (exact) mass is 433 g/mol. The lowest BCUT2D eigenvalue weighted by Gasteiger charge is -2.23. The third-order valence-corrected chi connectivity index (χ3v) is 5.01. The van der Waals surface area contributed by atoms with Crippen LogP contribution in [0.2, 0.25) is 0 Å². The Bertz CT molecular complexity index is 1230. The van der Waals surface area contributed by atoms with Crippen molar-refractivity contribution in [3.8, 4) is 23.0 Å². The summed E-state index contributed by atoms with van der Waals surface area (Å²) < 4.78 is 22.1. The summed E-state index contributed by atoms with van der Waals surface area (Å²) in [6.45, 7) is 2.26. The Hall–Kier alpha value is -4.27. The van der Waals surface area contributed by atoms with E-state index in [-0.39, 0.29) is 18.2 Å². The lowest BCUT2D eigenvalue weighted by Crippen LogP contribution is -2.38. The number of hydrogen-bond donors (Lipinski definition) is 1. The zero-order chi connectivity index (χ0) is 22.2. The van der Waals surface area contributed by atoms with Gasteiger partial charge < -0.3 is 23.8 Å². The largest absolute Gasteiger partial charge is 0.493 e. The van der Waals surface area contributed by atoms with Gasteiger partial charge in [-0.15, -0.1) is 5.06 Å². The molecule has 3 aliphatic heterocycles. The summed E-state index contributed by atoms with van der Waals surface area (Å²) in [6, 6.07) is 10.9. The summed E-state index contributed by atoms with van der Waals surface area (Å²) >= 11 is 0. The van der Waals surface area contributed by atoms with E-state index in [0.717, 1.165) is 5.56 Å². The van der Waals surface area contributed by atoms with Crippen LogP contribution in [0.4, 0.5) is 0 Å². The molecular formula is C23H19N3O6. The molecule has 9 nitrogen and oxygen atoms in total. The Balaban J connectivity index is 1.35. The minimum Gasteiger partial charge on any atom is -0.493 e. The van der Waals surface area contributed by atoms with Gasteiger partial charge in [0.25, 0.3) is 5.91 Å². The number of allylic oxidation sites excluding steroid dienone is 1. The minimum absolute atomic E-state index is 0.0739. The maximum absolute atomic E-state index is 12.4. The Kier molecular flexibility index (Phi) is 4.78. The maximum Gasteiger partial charge on any atom is 0.282 e. The summed E-state index contributed by atoms with van der Waals surface area (Å²) in [5.41, 5.74) is 1.70. The van der Waals surface area contributed by atoms with Crippen molar-refractivity contribution in [2.75, 3.05) is 13.9 Å². The number of hydroxylamine groups is 2. The summed E-state index contributed by atoms with van der Waals surface area (Å²) in [5.74, 6) is 2.74. The molecule has 0 unspecified atom stereocenters. The number of carbonyl (C=O) groups is 1. The van der Waals surface area contributed by atoms with E-state index in [4.69, 9.17) is 29.2 Å². The van der Waals surface area contributed by atoms with Crippen molar-refractivity contribution in [2.24, 2.45) is 4.99 Å². The van der Waals surface area contributed by atoms with E-state index in [2.05, 4.69) is 4.99 Å². The number of fused-ring (bicyclic) bond motifs is 2. The molecule has 0 fully saturated rings. The van der Waals surface area contributed by atoms with Crippen molar-refractivity contribution in [3.63, 3.8) is 0 Å². The van der Waals surface area contributed by atoms with Crippen LogP contribution < -0.4 is 18.9 Å². The molecule has 2 aromatic carbocycles. The normalized spacial score (nSPS) is 17.7. The first-order chi connectivity index (χ1) is 15.5. The number of amides is 1. The number of hydrogen-bond acceptors (Lipinski definition) is 7. The third-order valence-electron chi connectivity index (χ3n) is 5.01. The van der Waals surface area contributed by atoms with Crippen molar-refractivity contribution in [1.29, 1.82) is 5.41 Å². The first-order valence-electron chi connectivity index (χ1n) is 9.81. The number of aliphatic imine (C=N–C) groups is 1. The highest BCUT2D eigenvalue weighted by Crippen LogP contribution is 2.34. The summed E-state index contributed by atoms with van der Waals surface area (Å²) in [5, 5.41) is 9.55. The van der Waals surface area contributed by atoms with Crippen molar-refractivity contribution >= 4 is 23.7 Å². The average molecular weight is 433 g/mol. The minimum atomic E-state index is -0.502. The third kappa shape index (κ3) is 3.53. The number of carbonyl (C=O) groups excluding carboxylic acids is 1. The molecule has 3 heterocycles. The van der Waals surface area contributed by atoms with Crippen molar-refractivity contribution in [1.82, 2.24) is 5.06 Å². The molecule has 1 N–H and O–H groups in total. The van der Waals surface area contributed by atoms with E-state index in [0.29, 0.717) is 46.8 Å². The van der Waals surface area contributed by atoms with Crippen molar-refractivity contribution < 1.29 is 28.6 Å². The fourth-order valence-corrected chi connectivity index (χ4v) is 3.45. The number of methoxy groups -OCH3 is 1. The van der Waals surface area contributed by atoms with E-state index in [1.807, 2.05) is 18.2 Å². The Labute approximate surface area is 183 Å². The highest BCUT2D eigenvalue weighted by molar-refractivity contribution is 6.32. The number of benzene rings is 2. The number of rotatable bonds is 5. The fraction of sp³-hybridized carbons (Fsp3) is 0.174. The average Bonchev–Trinajstić information content (AvgIpc) is 3.41. The van der Waals surface area contributed by atoms with Gasteiger partial charge in [-0.3, -0.25) is 10.2 Å². The SMILES string of the molecule is COc1cc(/C=C2\C(=N)N3OC(C)=CC3=NC2=O)ccc1OCc1ccc2c(c1)OCO2. The number of nitrogens with one attached hydrogen (secondary N) is 1. The van der Waals surface area contributed by atoms with Crippen LogP contribution in [0.5, 0.6) is 23.0 Å². The van der Waals surface area contributed by atoms with Crippen LogP contribution in [0.25, 0.3) is 6.08 Å². The second kappa shape index (κ2) is 7.77. The topological polar surface area (TPSA) is 103 Å². The molecule has 2 aromatic rings. The molecule has 1 amide bonds. The quantitative estimate of drug-likeness (QED) is 0.721. The number of nitrogens with zero attached hydrogens (tertiary/aromatic N) is 2. The van der Waals surface area contributed by atoms with Crippen LogP contribution in [-0.2, 0) is 16.2 Å². The summed E-state index contributed by atoms with van der Waals surface area (Å²) in [4.78, 5) is 21.9. The van der Waals surface area contributed by atoms with Gasteiger partial charge in [0.05, 0.1) is 12.7 Å². The van der Waals surface area contributed by atoms with E-state index < -0.39 is 5.91 Å². The first kappa shape index (κ1) is 19.7. The molecule has 0 aliphatic carbocycles.